The molecule has 0 aliphatic rings. The second kappa shape index (κ2) is 4.39. The highest BCUT2D eigenvalue weighted by atomic mass is 29.8. The normalized spacial score (nSPS) is 15.0. The lowest BCUT2D eigenvalue weighted by Crippen LogP contribution is -2.74. The van der Waals surface area contributed by atoms with Gasteiger partial charge in [0.25, 0.3) is 0 Å². The van der Waals surface area contributed by atoms with Crippen LogP contribution in [0.4, 0.5) is 0 Å². The summed E-state index contributed by atoms with van der Waals surface area (Å²) < 4.78 is 0. The molecule has 0 aromatic rings. The molecule has 85 valence electrons. The minimum absolute atomic E-state index is 0.0247. The zero-order chi connectivity index (χ0) is 11.8. The summed E-state index contributed by atoms with van der Waals surface area (Å²) in [5.41, 5.74) is 0. The van der Waals surface area contributed by atoms with E-state index in [1.165, 1.54) is 6.04 Å². The summed E-state index contributed by atoms with van der Waals surface area (Å²) >= 11 is 0. The van der Waals surface area contributed by atoms with Crippen LogP contribution >= 0.6 is 0 Å². The molecule has 0 rings (SSSR count). The molecule has 0 saturated carbocycles. The first-order chi connectivity index (χ1) is 6.00. The van der Waals surface area contributed by atoms with Crippen molar-refractivity contribution in [1.29, 1.82) is 0 Å². The fourth-order valence-electron chi connectivity index (χ4n) is 1.91. The average molecular weight is 262 g/mol. The summed E-state index contributed by atoms with van der Waals surface area (Å²) in [4.78, 5) is 0. The van der Waals surface area contributed by atoms with Gasteiger partial charge in [-0.25, -0.2) is 0 Å². The van der Waals surface area contributed by atoms with Crippen molar-refractivity contribution in [2.24, 2.45) is 0 Å². The molecule has 0 saturated heterocycles. The van der Waals surface area contributed by atoms with E-state index in [9.17, 15) is 0 Å². The molecule has 0 unspecified atom stereocenters. The van der Waals surface area contributed by atoms with Gasteiger partial charge < -0.3 is 0 Å². The Morgan fingerprint density at radius 1 is 0.857 bits per heavy atom. The van der Waals surface area contributed by atoms with Gasteiger partial charge in [0.15, 0.2) is 0 Å². The molecule has 0 atom stereocenters. The summed E-state index contributed by atoms with van der Waals surface area (Å²) in [5, 5.41) is 0. The topological polar surface area (TPSA) is 0 Å². The third kappa shape index (κ3) is 2.33. The van der Waals surface area contributed by atoms with Crippen molar-refractivity contribution in [3.63, 3.8) is 0 Å². The van der Waals surface area contributed by atoms with Crippen molar-refractivity contribution >= 4 is 30.1 Å². The fourth-order valence-corrected chi connectivity index (χ4v) is 61.2. The predicted molar refractivity (Wildman–Crippen MR) is 80.4 cm³/mol. The largest absolute Gasteiger partial charge is 0.0735 e. The lowest BCUT2D eigenvalue weighted by molar-refractivity contribution is 1.39. The molecular formula is C10H29Si4. The average Bonchev–Trinajstić information content (AvgIpc) is 2.03. The Morgan fingerprint density at radius 3 is 1.43 bits per heavy atom. The van der Waals surface area contributed by atoms with Crippen LogP contribution in [0.1, 0.15) is 6.92 Å². The molecule has 0 aromatic carbocycles. The smallest absolute Gasteiger partial charge is 0.0381 e. The van der Waals surface area contributed by atoms with Crippen molar-refractivity contribution in [2.75, 3.05) is 0 Å². The highest BCUT2D eigenvalue weighted by Gasteiger charge is 2.52. The van der Waals surface area contributed by atoms with Gasteiger partial charge in [0, 0.05) is 30.1 Å². The van der Waals surface area contributed by atoms with E-state index in [-0.39, 0.29) is 8.31 Å². The molecule has 0 spiro atoms. The quantitative estimate of drug-likeness (QED) is 0.668. The van der Waals surface area contributed by atoms with Gasteiger partial charge in [0.2, 0.25) is 0 Å². The molecule has 0 bridgehead atoms. The van der Waals surface area contributed by atoms with Crippen LogP contribution in [0.3, 0.4) is 0 Å². The van der Waals surface area contributed by atoms with Crippen LogP contribution in [0.5, 0.6) is 0 Å². The Bertz CT molecular complexity index is 194. The van der Waals surface area contributed by atoms with E-state index in [0.717, 1.165) is 0 Å². The summed E-state index contributed by atoms with van der Waals surface area (Å²) in [6, 6.07) is 1.50. The molecule has 0 fully saturated rings. The molecule has 0 nitrogen and oxygen atoms in total. The Kier molecular flexibility index (Phi) is 4.66. The molecule has 1 radical (unpaired) electrons. The van der Waals surface area contributed by atoms with E-state index < -0.39 is 21.8 Å². The van der Waals surface area contributed by atoms with Gasteiger partial charge in [0.05, 0.1) is 0 Å². The van der Waals surface area contributed by atoms with Crippen LogP contribution in [0.25, 0.3) is 0 Å². The van der Waals surface area contributed by atoms with Gasteiger partial charge in [0.1, 0.15) is 0 Å². The van der Waals surface area contributed by atoms with E-state index in [0.29, 0.717) is 0 Å². The summed E-state index contributed by atoms with van der Waals surface area (Å²) in [6.07, 6.45) is 0. The van der Waals surface area contributed by atoms with Crippen molar-refractivity contribution in [3.8, 4) is 0 Å². The molecule has 0 aliphatic carbocycles. The minimum atomic E-state index is -0.899. The standard InChI is InChI=1S/C10H29Si4/c1-10-12(4,5)14(8,9)13(6,7)11(2)3/h10H2,1-9H3. The summed E-state index contributed by atoms with van der Waals surface area (Å²) in [6.45, 7) is 23.7. The maximum atomic E-state index is 2.71. The van der Waals surface area contributed by atoms with Crippen LogP contribution in [-0.4, -0.2) is 30.1 Å². The van der Waals surface area contributed by atoms with E-state index >= 15 is 0 Å². The van der Waals surface area contributed by atoms with Crippen molar-refractivity contribution < 1.29 is 0 Å². The number of rotatable bonds is 4. The fraction of sp³-hybridized carbons (Fsp3) is 1.00. The highest BCUT2D eigenvalue weighted by Crippen LogP contribution is 2.32. The summed E-state index contributed by atoms with van der Waals surface area (Å²) in [7, 11) is -2.66. The zero-order valence-electron chi connectivity index (χ0n) is 11.7. The minimum Gasteiger partial charge on any atom is -0.0735 e. The molecule has 0 aromatic heterocycles. The van der Waals surface area contributed by atoms with E-state index in [2.05, 4.69) is 59.3 Å². The second-order valence-corrected chi connectivity index (χ2v) is 44.5. The molecule has 0 amide bonds. The van der Waals surface area contributed by atoms with Gasteiger partial charge in [-0.15, -0.1) is 0 Å². The highest BCUT2D eigenvalue weighted by molar-refractivity contribution is 7.80. The summed E-state index contributed by atoms with van der Waals surface area (Å²) in [5.74, 6) is 0. The van der Waals surface area contributed by atoms with Gasteiger partial charge >= 0.3 is 0 Å². The first kappa shape index (κ1) is 14.9. The zero-order valence-corrected chi connectivity index (χ0v) is 15.7. The van der Waals surface area contributed by atoms with E-state index in [1.54, 1.807) is 0 Å². The van der Waals surface area contributed by atoms with Gasteiger partial charge in [-0.2, -0.15) is 0 Å². The maximum absolute atomic E-state index is 2.71. The van der Waals surface area contributed by atoms with Crippen LogP contribution in [0.2, 0.25) is 58.4 Å². The molecular weight excluding hydrogens is 232 g/mol. The third-order valence-electron chi connectivity index (χ3n) is 5.39. The molecule has 14 heavy (non-hydrogen) atoms. The van der Waals surface area contributed by atoms with E-state index in [4.69, 9.17) is 0 Å². The van der Waals surface area contributed by atoms with Crippen molar-refractivity contribution in [2.45, 2.75) is 65.3 Å². The molecule has 4 heteroatoms. The number of hydrogen-bond donors (Lipinski definition) is 0. The Labute approximate surface area is 95.5 Å². The van der Waals surface area contributed by atoms with Crippen LogP contribution in [-0.2, 0) is 0 Å². The van der Waals surface area contributed by atoms with Gasteiger partial charge in [-0.1, -0.05) is 65.3 Å². The Balaban J connectivity index is 5.14. The van der Waals surface area contributed by atoms with E-state index in [1.807, 2.05) is 0 Å². The first-order valence-electron chi connectivity index (χ1n) is 5.81. The second-order valence-electron chi connectivity index (χ2n) is 6.49. The third-order valence-corrected chi connectivity index (χ3v) is 68.3. The first-order valence-corrected chi connectivity index (χ1v) is 20.5. The van der Waals surface area contributed by atoms with Crippen LogP contribution < -0.4 is 0 Å². The van der Waals surface area contributed by atoms with Crippen LogP contribution in [0.15, 0.2) is 0 Å². The Hall–Kier alpha value is 0.868. The van der Waals surface area contributed by atoms with Crippen molar-refractivity contribution in [3.05, 3.63) is 0 Å². The monoisotopic (exact) mass is 261 g/mol. The number of hydrogen-bond acceptors (Lipinski definition) is 0. The maximum Gasteiger partial charge on any atom is 0.0381 e. The molecule has 0 heterocycles. The lowest BCUT2D eigenvalue weighted by Gasteiger charge is -2.50. The van der Waals surface area contributed by atoms with Crippen LogP contribution in [0, 0.1) is 0 Å². The molecule has 0 N–H and O–H groups in total. The van der Waals surface area contributed by atoms with Crippen molar-refractivity contribution in [1.82, 2.24) is 0 Å². The van der Waals surface area contributed by atoms with Gasteiger partial charge in [-0.3, -0.25) is 0 Å². The SMILES string of the molecule is CC[Si](C)(C)[Si](C)(C)[Si](C)(C)[Si](C)C. The molecule has 0 aliphatic heterocycles. The predicted octanol–water partition coefficient (Wildman–Crippen LogP) is 4.12. The lowest BCUT2D eigenvalue weighted by atomic mass is 11.0. The van der Waals surface area contributed by atoms with Gasteiger partial charge in [-0.05, 0) is 0 Å². The Morgan fingerprint density at radius 2 is 1.21 bits per heavy atom.